The number of esters is 1. The summed E-state index contributed by atoms with van der Waals surface area (Å²) in [6.45, 7) is 0.802. The number of carbonyl (C=O) groups excluding carboxylic acids is 1. The van der Waals surface area contributed by atoms with Crippen LogP contribution in [0.25, 0.3) is 0 Å². The first kappa shape index (κ1) is 13.4. The topological polar surface area (TPSA) is 29.5 Å². The van der Waals surface area contributed by atoms with Crippen LogP contribution in [0.3, 0.4) is 0 Å². The summed E-state index contributed by atoms with van der Waals surface area (Å²) in [5, 5.41) is 0. The summed E-state index contributed by atoms with van der Waals surface area (Å²) in [6.07, 6.45) is 1.24. The second-order valence-electron chi connectivity index (χ2n) is 4.58. The highest BCUT2D eigenvalue weighted by atomic mass is 32.2. The fourth-order valence-electron chi connectivity index (χ4n) is 2.23. The van der Waals surface area contributed by atoms with E-state index in [0.29, 0.717) is 11.6 Å². The molecule has 1 saturated heterocycles. The van der Waals surface area contributed by atoms with Gasteiger partial charge in [0, 0.05) is 18.3 Å². The molecule has 3 nitrogen and oxygen atoms in total. The molecule has 1 heterocycles. The SMILES string of the molecule is COC(=O)c1ccccc1CN(C)C1CCSC1. The number of thioether (sulfide) groups is 1. The maximum Gasteiger partial charge on any atom is 0.338 e. The summed E-state index contributed by atoms with van der Waals surface area (Å²) in [5.41, 5.74) is 1.72. The van der Waals surface area contributed by atoms with Crippen molar-refractivity contribution < 1.29 is 9.53 Å². The normalized spacial score (nSPS) is 19.2. The zero-order valence-corrected chi connectivity index (χ0v) is 11.7. The van der Waals surface area contributed by atoms with E-state index in [1.54, 1.807) is 0 Å². The maximum atomic E-state index is 11.7. The van der Waals surface area contributed by atoms with Gasteiger partial charge < -0.3 is 4.74 Å². The summed E-state index contributed by atoms with van der Waals surface area (Å²) in [6, 6.07) is 8.31. The molecule has 0 N–H and O–H groups in total. The van der Waals surface area contributed by atoms with Crippen LogP contribution in [0.15, 0.2) is 24.3 Å². The van der Waals surface area contributed by atoms with Crippen LogP contribution in [0, 0.1) is 0 Å². The van der Waals surface area contributed by atoms with E-state index in [0.717, 1.165) is 12.1 Å². The van der Waals surface area contributed by atoms with Crippen molar-refractivity contribution in [2.45, 2.75) is 19.0 Å². The number of hydrogen-bond donors (Lipinski definition) is 0. The Labute approximate surface area is 113 Å². The Kier molecular flexibility index (Phi) is 4.66. The van der Waals surface area contributed by atoms with E-state index < -0.39 is 0 Å². The number of ether oxygens (including phenoxy) is 1. The lowest BCUT2D eigenvalue weighted by atomic mass is 10.1. The van der Waals surface area contributed by atoms with Crippen LogP contribution in [0.1, 0.15) is 22.3 Å². The highest BCUT2D eigenvalue weighted by Gasteiger charge is 2.21. The Bertz CT molecular complexity index is 416. The monoisotopic (exact) mass is 265 g/mol. The minimum Gasteiger partial charge on any atom is -0.465 e. The van der Waals surface area contributed by atoms with E-state index in [-0.39, 0.29) is 5.97 Å². The zero-order valence-electron chi connectivity index (χ0n) is 10.9. The summed E-state index contributed by atoms with van der Waals surface area (Å²) < 4.78 is 4.82. The fourth-order valence-corrected chi connectivity index (χ4v) is 3.53. The largest absolute Gasteiger partial charge is 0.465 e. The van der Waals surface area contributed by atoms with Gasteiger partial charge in [-0.1, -0.05) is 18.2 Å². The molecule has 0 spiro atoms. The van der Waals surface area contributed by atoms with Crippen molar-refractivity contribution in [1.82, 2.24) is 4.90 Å². The zero-order chi connectivity index (χ0) is 13.0. The van der Waals surface area contributed by atoms with E-state index in [9.17, 15) is 4.79 Å². The number of hydrogen-bond acceptors (Lipinski definition) is 4. The Morgan fingerprint density at radius 1 is 1.50 bits per heavy atom. The number of carbonyl (C=O) groups is 1. The van der Waals surface area contributed by atoms with Crippen molar-refractivity contribution in [3.05, 3.63) is 35.4 Å². The summed E-state index contributed by atoms with van der Waals surface area (Å²) in [5.74, 6) is 2.18. The summed E-state index contributed by atoms with van der Waals surface area (Å²) >= 11 is 2.00. The standard InChI is InChI=1S/C14H19NO2S/c1-15(12-7-8-18-10-12)9-11-5-3-4-6-13(11)14(16)17-2/h3-6,12H,7-10H2,1-2H3. The summed E-state index contributed by atoms with van der Waals surface area (Å²) in [4.78, 5) is 14.0. The van der Waals surface area contributed by atoms with E-state index in [4.69, 9.17) is 4.74 Å². The fraction of sp³-hybridized carbons (Fsp3) is 0.500. The molecule has 98 valence electrons. The Morgan fingerprint density at radius 2 is 2.28 bits per heavy atom. The molecule has 18 heavy (non-hydrogen) atoms. The summed E-state index contributed by atoms with van der Waals surface area (Å²) in [7, 11) is 3.56. The van der Waals surface area contributed by atoms with Crippen molar-refractivity contribution in [2.24, 2.45) is 0 Å². The van der Waals surface area contributed by atoms with Gasteiger partial charge in [-0.05, 0) is 30.9 Å². The van der Waals surface area contributed by atoms with Crippen LogP contribution in [0.4, 0.5) is 0 Å². The average Bonchev–Trinajstić information content (AvgIpc) is 2.92. The van der Waals surface area contributed by atoms with Crippen LogP contribution in [-0.4, -0.2) is 42.6 Å². The third kappa shape index (κ3) is 3.06. The lowest BCUT2D eigenvalue weighted by molar-refractivity contribution is 0.0598. The number of methoxy groups -OCH3 is 1. The van der Waals surface area contributed by atoms with Gasteiger partial charge in [0.1, 0.15) is 0 Å². The highest BCUT2D eigenvalue weighted by Crippen LogP contribution is 2.23. The number of nitrogens with zero attached hydrogens (tertiary/aromatic N) is 1. The van der Waals surface area contributed by atoms with Crippen molar-refractivity contribution in [1.29, 1.82) is 0 Å². The average molecular weight is 265 g/mol. The van der Waals surface area contributed by atoms with Gasteiger partial charge in [-0.15, -0.1) is 0 Å². The Hall–Kier alpha value is -1.00. The van der Waals surface area contributed by atoms with Gasteiger partial charge >= 0.3 is 5.97 Å². The molecule has 0 aromatic heterocycles. The molecule has 0 aliphatic carbocycles. The highest BCUT2D eigenvalue weighted by molar-refractivity contribution is 7.99. The molecule has 1 atom stereocenters. The Morgan fingerprint density at radius 3 is 2.94 bits per heavy atom. The molecule has 2 rings (SSSR count). The molecule has 0 saturated carbocycles. The molecular weight excluding hydrogens is 246 g/mol. The molecule has 0 radical (unpaired) electrons. The maximum absolute atomic E-state index is 11.7. The molecule has 0 amide bonds. The van der Waals surface area contributed by atoms with Gasteiger partial charge in [-0.3, -0.25) is 4.90 Å². The van der Waals surface area contributed by atoms with E-state index >= 15 is 0 Å². The van der Waals surface area contributed by atoms with Gasteiger partial charge in [0.15, 0.2) is 0 Å². The minimum absolute atomic E-state index is 0.250. The molecule has 1 aromatic rings. The van der Waals surface area contributed by atoms with Crippen LogP contribution >= 0.6 is 11.8 Å². The molecule has 4 heteroatoms. The lowest BCUT2D eigenvalue weighted by Crippen LogP contribution is -2.31. The molecule has 1 aliphatic heterocycles. The van der Waals surface area contributed by atoms with Gasteiger partial charge in [0.05, 0.1) is 12.7 Å². The van der Waals surface area contributed by atoms with Crippen molar-refractivity contribution in [2.75, 3.05) is 25.7 Å². The van der Waals surface area contributed by atoms with Crippen molar-refractivity contribution in [3.63, 3.8) is 0 Å². The first-order valence-electron chi connectivity index (χ1n) is 6.16. The molecule has 1 unspecified atom stereocenters. The van der Waals surface area contributed by atoms with Crippen molar-refractivity contribution >= 4 is 17.7 Å². The van der Waals surface area contributed by atoms with Crippen LogP contribution in [0.5, 0.6) is 0 Å². The van der Waals surface area contributed by atoms with Crippen LogP contribution in [-0.2, 0) is 11.3 Å². The molecule has 1 aliphatic rings. The minimum atomic E-state index is -0.250. The third-order valence-electron chi connectivity index (χ3n) is 3.37. The van der Waals surface area contributed by atoms with Crippen LogP contribution < -0.4 is 0 Å². The molecule has 1 aromatic carbocycles. The van der Waals surface area contributed by atoms with Crippen LogP contribution in [0.2, 0.25) is 0 Å². The Balaban J connectivity index is 2.10. The second-order valence-corrected chi connectivity index (χ2v) is 5.73. The van der Waals surface area contributed by atoms with E-state index in [1.807, 2.05) is 36.0 Å². The van der Waals surface area contributed by atoms with Gasteiger partial charge in [-0.25, -0.2) is 4.79 Å². The molecular formula is C14H19NO2S. The third-order valence-corrected chi connectivity index (χ3v) is 4.52. The first-order valence-corrected chi connectivity index (χ1v) is 7.32. The second kappa shape index (κ2) is 6.25. The van der Waals surface area contributed by atoms with E-state index in [1.165, 1.54) is 25.0 Å². The van der Waals surface area contributed by atoms with Gasteiger partial charge in [0.2, 0.25) is 0 Å². The molecule has 0 bridgehead atoms. The predicted molar refractivity (Wildman–Crippen MR) is 75.0 cm³/mol. The first-order chi connectivity index (χ1) is 8.72. The smallest absolute Gasteiger partial charge is 0.338 e. The predicted octanol–water partition coefficient (Wildman–Crippen LogP) is 2.41. The number of rotatable bonds is 4. The number of benzene rings is 1. The molecule has 1 fully saturated rings. The van der Waals surface area contributed by atoms with Gasteiger partial charge in [-0.2, -0.15) is 11.8 Å². The van der Waals surface area contributed by atoms with E-state index in [2.05, 4.69) is 11.9 Å². The quantitative estimate of drug-likeness (QED) is 0.782. The lowest BCUT2D eigenvalue weighted by Gasteiger charge is -2.24. The van der Waals surface area contributed by atoms with Gasteiger partial charge in [0.25, 0.3) is 0 Å². The van der Waals surface area contributed by atoms with Crippen molar-refractivity contribution in [3.8, 4) is 0 Å².